The number of benzene rings is 2. The molecule has 0 saturated heterocycles. The number of sulfonamides is 1. The maximum Gasteiger partial charge on any atom is 0.573 e. The number of esters is 1. The van der Waals surface area contributed by atoms with E-state index in [1.165, 1.54) is 12.1 Å². The lowest BCUT2D eigenvalue weighted by atomic mass is 9.91. The van der Waals surface area contributed by atoms with Crippen LogP contribution in [-0.4, -0.2) is 39.9 Å². The Kier molecular flexibility index (Phi) is 10.3. The first-order chi connectivity index (χ1) is 16.6. The number of ether oxygens (including phenoxy) is 3. The molecule has 0 aliphatic rings. The van der Waals surface area contributed by atoms with Gasteiger partial charge < -0.3 is 19.3 Å². The van der Waals surface area contributed by atoms with Gasteiger partial charge in [0.2, 0.25) is 0 Å². The zero-order chi connectivity index (χ0) is 27.3. The van der Waals surface area contributed by atoms with Gasteiger partial charge >= 0.3 is 12.3 Å². The number of nitrogens with zero attached hydrogens (tertiary/aromatic N) is 1. The predicted octanol–water partition coefficient (Wildman–Crippen LogP) is 4.65. The van der Waals surface area contributed by atoms with Crippen molar-refractivity contribution in [3.05, 3.63) is 49.1 Å². The largest absolute Gasteiger partial charge is 0.858 e. The summed E-state index contributed by atoms with van der Waals surface area (Å²) in [4.78, 5) is 11.5. The lowest BCUT2D eigenvalue weighted by Crippen LogP contribution is -2.27. The van der Waals surface area contributed by atoms with Crippen LogP contribution in [0.25, 0.3) is 0 Å². The fourth-order valence-corrected chi connectivity index (χ4v) is 5.46. The van der Waals surface area contributed by atoms with E-state index in [-0.39, 0.29) is 24.7 Å². The molecule has 2 aromatic carbocycles. The highest BCUT2D eigenvalue weighted by molar-refractivity contribution is 14.1. The van der Waals surface area contributed by atoms with Gasteiger partial charge in [-0.2, -0.15) is 12.8 Å². The van der Waals surface area contributed by atoms with Crippen LogP contribution in [0.3, 0.4) is 0 Å². The van der Waals surface area contributed by atoms with Gasteiger partial charge in [-0.3, -0.25) is 4.79 Å². The summed E-state index contributed by atoms with van der Waals surface area (Å²) in [5.41, 5.74) is -0.638. The molecule has 0 fully saturated rings. The second-order valence-electron chi connectivity index (χ2n) is 7.88. The monoisotopic (exact) mass is 754 g/mol. The molecular formula is C22H21F3I2NO7S-. The molecule has 0 saturated carbocycles. The number of hydrogen-bond acceptors (Lipinski definition) is 7. The number of halogens is 5. The predicted molar refractivity (Wildman–Crippen MR) is 139 cm³/mol. The zero-order valence-corrected chi connectivity index (χ0v) is 24.3. The van der Waals surface area contributed by atoms with E-state index in [2.05, 4.69) is 9.13 Å². The van der Waals surface area contributed by atoms with Gasteiger partial charge in [-0.05, 0) is 107 Å². The average molecular weight is 754 g/mol. The van der Waals surface area contributed by atoms with Gasteiger partial charge in [0, 0.05) is 5.90 Å². The van der Waals surface area contributed by atoms with E-state index in [9.17, 15) is 31.5 Å². The number of hydrogen-bond donors (Lipinski definition) is 0. The number of alkyl halides is 3. The van der Waals surface area contributed by atoms with Crippen LogP contribution in [0.4, 0.5) is 13.2 Å². The van der Waals surface area contributed by atoms with E-state index >= 15 is 0 Å². The molecule has 0 aromatic heterocycles. The molecule has 14 heteroatoms. The molecule has 0 N–H and O–H groups in total. The van der Waals surface area contributed by atoms with Gasteiger partial charge in [0.05, 0.1) is 17.5 Å². The van der Waals surface area contributed by atoms with Gasteiger partial charge in [0.1, 0.15) is 24.7 Å². The third-order valence-corrected chi connectivity index (χ3v) is 7.68. The van der Waals surface area contributed by atoms with Gasteiger partial charge in [-0.1, -0.05) is 6.92 Å². The Morgan fingerprint density at radius 3 is 2.11 bits per heavy atom. The fourth-order valence-electron chi connectivity index (χ4n) is 2.47. The summed E-state index contributed by atoms with van der Waals surface area (Å²) in [6, 6.07) is 6.08. The summed E-state index contributed by atoms with van der Waals surface area (Å²) >= 11 is 3.81. The molecule has 8 nitrogen and oxygen atoms in total. The maximum absolute atomic E-state index is 12.5. The van der Waals surface area contributed by atoms with Gasteiger partial charge in [-0.15, -0.1) is 13.2 Å². The molecule has 0 aliphatic carbocycles. The molecule has 0 amide bonds. The summed E-state index contributed by atoms with van der Waals surface area (Å²) in [5.74, 6) is -1.61. The summed E-state index contributed by atoms with van der Waals surface area (Å²) in [7, 11) is -4.49. The maximum atomic E-state index is 12.5. The Balaban J connectivity index is 2.13. The van der Waals surface area contributed by atoms with Crippen molar-refractivity contribution >= 4 is 67.1 Å². The SMILES string of the molecule is CCC(C)(C)C(=O)OCCOc1c(I)cc(/C([O-])=N/S(=O)(=O)c2ccc(OC(F)(F)F)cc2)cc1I. The zero-order valence-electron chi connectivity index (χ0n) is 19.2. The van der Waals surface area contributed by atoms with Crippen LogP contribution < -0.4 is 14.6 Å². The molecule has 0 bridgehead atoms. The first-order valence-corrected chi connectivity index (χ1v) is 13.8. The second-order valence-corrected chi connectivity index (χ2v) is 11.8. The number of rotatable bonds is 10. The van der Waals surface area contributed by atoms with Crippen LogP contribution in [0.1, 0.15) is 32.8 Å². The molecule has 2 rings (SSSR count). The smallest absolute Gasteiger partial charge is 0.573 e. The Bertz CT molecular complexity index is 1210. The quantitative estimate of drug-likeness (QED) is 0.114. The van der Waals surface area contributed by atoms with E-state index in [1.54, 1.807) is 13.8 Å². The molecule has 0 unspecified atom stereocenters. The van der Waals surface area contributed by atoms with Crippen molar-refractivity contribution < 1.29 is 45.7 Å². The third kappa shape index (κ3) is 8.64. The summed E-state index contributed by atoms with van der Waals surface area (Å²) < 4.78 is 80.5. The molecule has 36 heavy (non-hydrogen) atoms. The Hall–Kier alpha value is -1.82. The van der Waals surface area contributed by atoms with Crippen LogP contribution in [0.2, 0.25) is 0 Å². The normalized spacial score (nSPS) is 12.8. The van der Waals surface area contributed by atoms with Crippen LogP contribution in [0.5, 0.6) is 11.5 Å². The van der Waals surface area contributed by atoms with E-state index in [1.807, 2.05) is 52.1 Å². The van der Waals surface area contributed by atoms with Crippen LogP contribution in [0.15, 0.2) is 45.7 Å². The molecule has 0 heterocycles. The van der Waals surface area contributed by atoms with Gasteiger partial charge in [0.25, 0.3) is 10.0 Å². The van der Waals surface area contributed by atoms with E-state index in [0.717, 1.165) is 24.3 Å². The minimum Gasteiger partial charge on any atom is -0.858 e. The Labute approximate surface area is 233 Å². The van der Waals surface area contributed by atoms with Crippen molar-refractivity contribution in [2.75, 3.05) is 13.2 Å². The first-order valence-electron chi connectivity index (χ1n) is 10.2. The summed E-state index contributed by atoms with van der Waals surface area (Å²) in [6.07, 6.45) is -4.31. The molecule has 198 valence electrons. The Morgan fingerprint density at radius 2 is 1.61 bits per heavy atom. The minimum absolute atomic E-state index is 0.0233. The number of carbonyl (C=O) groups is 1. The molecular weight excluding hydrogens is 733 g/mol. The van der Waals surface area contributed by atoms with Crippen molar-refractivity contribution in [3.8, 4) is 11.5 Å². The highest BCUT2D eigenvalue weighted by Crippen LogP contribution is 2.30. The standard InChI is InChI=1S/C22H22F3I2NO7S/c1-4-21(2,3)20(30)34-10-9-33-18-16(26)11-13(12-17(18)27)19(29)28-36(31,32)15-7-5-14(6-8-15)35-22(23,24)25/h5-8,11-12H,4,9-10H2,1-3H3,(H,28,29)/p-1. The van der Waals surface area contributed by atoms with Crippen molar-refractivity contribution in [2.24, 2.45) is 9.81 Å². The van der Waals surface area contributed by atoms with Gasteiger partial charge in [-0.25, -0.2) is 0 Å². The lowest BCUT2D eigenvalue weighted by Gasteiger charge is -2.20. The van der Waals surface area contributed by atoms with E-state index in [0.29, 0.717) is 19.3 Å². The molecule has 0 atom stereocenters. The molecule has 0 aliphatic heterocycles. The van der Waals surface area contributed by atoms with Crippen molar-refractivity contribution in [2.45, 2.75) is 38.4 Å². The highest BCUT2D eigenvalue weighted by atomic mass is 127. The number of carbonyl (C=O) groups excluding carboxylic acids is 1. The van der Waals surface area contributed by atoms with Gasteiger partial charge in [0.15, 0.2) is 0 Å². The highest BCUT2D eigenvalue weighted by Gasteiger charge is 2.31. The molecule has 0 radical (unpaired) electrons. The molecule has 0 spiro atoms. The minimum atomic E-state index is -4.93. The first kappa shape index (κ1) is 30.4. The Morgan fingerprint density at radius 1 is 1.06 bits per heavy atom. The van der Waals surface area contributed by atoms with Crippen LogP contribution >= 0.6 is 45.2 Å². The van der Waals surface area contributed by atoms with Crippen molar-refractivity contribution in [1.82, 2.24) is 0 Å². The molecule has 2 aromatic rings. The van der Waals surface area contributed by atoms with E-state index < -0.39 is 38.3 Å². The van der Waals surface area contributed by atoms with Crippen LogP contribution in [0, 0.1) is 12.6 Å². The lowest BCUT2D eigenvalue weighted by molar-refractivity contribution is -0.274. The topological polar surface area (TPSA) is 114 Å². The van der Waals surface area contributed by atoms with Crippen molar-refractivity contribution in [3.63, 3.8) is 0 Å². The van der Waals surface area contributed by atoms with Crippen LogP contribution in [-0.2, 0) is 19.6 Å². The summed E-state index contributed by atoms with van der Waals surface area (Å²) in [6.45, 7) is 5.53. The second kappa shape index (κ2) is 12.1. The average Bonchev–Trinajstić information content (AvgIpc) is 2.76. The fraction of sp³-hybridized carbons (Fsp3) is 0.364. The van der Waals surface area contributed by atoms with Crippen molar-refractivity contribution in [1.29, 1.82) is 0 Å². The van der Waals surface area contributed by atoms with E-state index in [4.69, 9.17) is 9.47 Å². The third-order valence-electron chi connectivity index (χ3n) is 4.80. The summed E-state index contributed by atoms with van der Waals surface area (Å²) in [5, 5.41) is 12.5.